The Labute approximate surface area is 130 Å². The lowest BCUT2D eigenvalue weighted by atomic mass is 10.1. The predicted octanol–water partition coefficient (Wildman–Crippen LogP) is 1.65. The SMILES string of the molecule is Cc1noc([C@H]2CCN(C(=O)CSc3nnc(C)s3)C2)n1. The first-order valence-electron chi connectivity index (χ1n) is 6.62. The molecule has 1 amide bonds. The van der Waals surface area contributed by atoms with Crippen molar-refractivity contribution in [3.05, 3.63) is 16.7 Å². The number of likely N-dealkylation sites (tertiary alicyclic amines) is 1. The second-order valence-corrected chi connectivity index (χ2v) is 7.28. The molecule has 21 heavy (non-hydrogen) atoms. The number of amides is 1. The normalized spacial score (nSPS) is 18.4. The van der Waals surface area contributed by atoms with Gasteiger partial charge in [-0.1, -0.05) is 28.3 Å². The minimum atomic E-state index is 0.117. The highest BCUT2D eigenvalue weighted by Crippen LogP contribution is 2.27. The maximum absolute atomic E-state index is 12.2. The Bertz CT molecular complexity index is 641. The van der Waals surface area contributed by atoms with E-state index in [1.807, 2.05) is 11.8 Å². The Morgan fingerprint density at radius 3 is 3.00 bits per heavy atom. The van der Waals surface area contributed by atoms with Gasteiger partial charge in [-0.2, -0.15) is 4.98 Å². The molecule has 0 radical (unpaired) electrons. The minimum absolute atomic E-state index is 0.117. The van der Waals surface area contributed by atoms with Gasteiger partial charge in [0.2, 0.25) is 11.8 Å². The van der Waals surface area contributed by atoms with Crippen LogP contribution in [0, 0.1) is 13.8 Å². The fourth-order valence-electron chi connectivity index (χ4n) is 2.22. The monoisotopic (exact) mass is 325 g/mol. The van der Waals surface area contributed by atoms with Crippen LogP contribution in [-0.2, 0) is 4.79 Å². The van der Waals surface area contributed by atoms with Crippen molar-refractivity contribution in [2.45, 2.75) is 30.5 Å². The molecule has 0 unspecified atom stereocenters. The highest BCUT2D eigenvalue weighted by Gasteiger charge is 2.30. The summed E-state index contributed by atoms with van der Waals surface area (Å²) in [5.74, 6) is 1.94. The third-order valence-corrected chi connectivity index (χ3v) is 5.22. The molecule has 0 aliphatic carbocycles. The molecule has 1 saturated heterocycles. The molecule has 0 saturated carbocycles. The van der Waals surface area contributed by atoms with Crippen LogP contribution in [0.5, 0.6) is 0 Å². The summed E-state index contributed by atoms with van der Waals surface area (Å²) in [6.45, 7) is 5.09. The molecule has 2 aromatic rings. The largest absolute Gasteiger partial charge is 0.341 e. The fraction of sp³-hybridized carbons (Fsp3) is 0.583. The molecule has 3 heterocycles. The first-order valence-corrected chi connectivity index (χ1v) is 8.43. The standard InChI is InChI=1S/C12H15N5O2S2/c1-7-13-11(19-16-7)9-3-4-17(5-9)10(18)6-20-12-15-14-8(2)21-12/h9H,3-6H2,1-2H3/t9-/m0/s1. The van der Waals surface area contributed by atoms with Gasteiger partial charge in [0.05, 0.1) is 11.7 Å². The van der Waals surface area contributed by atoms with Gasteiger partial charge in [0.1, 0.15) is 5.01 Å². The molecule has 1 aliphatic heterocycles. The van der Waals surface area contributed by atoms with Gasteiger partial charge in [0, 0.05) is 13.1 Å². The molecule has 0 N–H and O–H groups in total. The van der Waals surface area contributed by atoms with Gasteiger partial charge in [0.15, 0.2) is 10.2 Å². The van der Waals surface area contributed by atoms with Crippen molar-refractivity contribution in [2.75, 3.05) is 18.8 Å². The van der Waals surface area contributed by atoms with Gasteiger partial charge in [0.25, 0.3) is 0 Å². The van der Waals surface area contributed by atoms with Gasteiger partial charge in [-0.25, -0.2) is 0 Å². The first kappa shape index (κ1) is 14.5. The van der Waals surface area contributed by atoms with E-state index in [-0.39, 0.29) is 11.8 Å². The summed E-state index contributed by atoms with van der Waals surface area (Å²) in [6.07, 6.45) is 0.871. The fourth-order valence-corrected chi connectivity index (χ4v) is 3.94. The molecule has 0 spiro atoms. The van der Waals surface area contributed by atoms with Crippen LogP contribution < -0.4 is 0 Å². The summed E-state index contributed by atoms with van der Waals surface area (Å²) in [5.41, 5.74) is 0. The zero-order valence-electron chi connectivity index (χ0n) is 11.8. The zero-order chi connectivity index (χ0) is 14.8. The van der Waals surface area contributed by atoms with E-state index >= 15 is 0 Å². The summed E-state index contributed by atoms with van der Waals surface area (Å²) in [5, 5.41) is 12.7. The van der Waals surface area contributed by atoms with Crippen molar-refractivity contribution in [1.29, 1.82) is 0 Å². The highest BCUT2D eigenvalue weighted by atomic mass is 32.2. The van der Waals surface area contributed by atoms with E-state index in [9.17, 15) is 4.79 Å². The number of aryl methyl sites for hydroxylation is 2. The third-order valence-electron chi connectivity index (χ3n) is 3.26. The summed E-state index contributed by atoms with van der Waals surface area (Å²) >= 11 is 2.95. The van der Waals surface area contributed by atoms with E-state index in [1.165, 1.54) is 23.1 Å². The van der Waals surface area contributed by atoms with Crippen molar-refractivity contribution in [3.8, 4) is 0 Å². The van der Waals surface area contributed by atoms with Gasteiger partial charge < -0.3 is 9.42 Å². The van der Waals surface area contributed by atoms with E-state index in [0.717, 1.165) is 22.3 Å². The number of rotatable bonds is 4. The molecule has 112 valence electrons. The molecule has 7 nitrogen and oxygen atoms in total. The minimum Gasteiger partial charge on any atom is -0.341 e. The van der Waals surface area contributed by atoms with Crippen LogP contribution in [0.3, 0.4) is 0 Å². The maximum Gasteiger partial charge on any atom is 0.233 e. The van der Waals surface area contributed by atoms with Crippen LogP contribution in [0.25, 0.3) is 0 Å². The number of carbonyl (C=O) groups is 1. The number of thioether (sulfide) groups is 1. The molecule has 3 rings (SSSR count). The van der Waals surface area contributed by atoms with Crippen LogP contribution in [0.2, 0.25) is 0 Å². The van der Waals surface area contributed by atoms with E-state index in [0.29, 0.717) is 24.0 Å². The molecule has 1 atom stereocenters. The van der Waals surface area contributed by atoms with E-state index in [4.69, 9.17) is 4.52 Å². The smallest absolute Gasteiger partial charge is 0.233 e. The second kappa shape index (κ2) is 6.10. The molecule has 9 heteroatoms. The van der Waals surface area contributed by atoms with E-state index in [2.05, 4.69) is 20.3 Å². The van der Waals surface area contributed by atoms with Crippen molar-refractivity contribution < 1.29 is 9.32 Å². The maximum atomic E-state index is 12.2. The average Bonchev–Trinajstić information content (AvgIpc) is 3.16. The van der Waals surface area contributed by atoms with E-state index < -0.39 is 0 Å². The van der Waals surface area contributed by atoms with Gasteiger partial charge >= 0.3 is 0 Å². The van der Waals surface area contributed by atoms with Crippen molar-refractivity contribution in [3.63, 3.8) is 0 Å². The summed E-state index contributed by atoms with van der Waals surface area (Å²) < 4.78 is 6.02. The quantitative estimate of drug-likeness (QED) is 0.790. The number of carbonyl (C=O) groups excluding carboxylic acids is 1. The topological polar surface area (TPSA) is 85.0 Å². The average molecular weight is 325 g/mol. The van der Waals surface area contributed by atoms with Crippen molar-refractivity contribution >= 4 is 29.0 Å². The Morgan fingerprint density at radius 2 is 2.33 bits per heavy atom. The molecule has 1 fully saturated rings. The molecular weight excluding hydrogens is 310 g/mol. The Morgan fingerprint density at radius 1 is 1.48 bits per heavy atom. The molecule has 1 aliphatic rings. The number of nitrogens with zero attached hydrogens (tertiary/aromatic N) is 5. The van der Waals surface area contributed by atoms with Crippen LogP contribution in [0.4, 0.5) is 0 Å². The molecule has 0 aromatic carbocycles. The van der Waals surface area contributed by atoms with Crippen molar-refractivity contribution in [2.24, 2.45) is 0 Å². The first-order chi connectivity index (χ1) is 10.1. The third kappa shape index (κ3) is 3.41. The number of hydrogen-bond acceptors (Lipinski definition) is 8. The Hall–Kier alpha value is -1.48. The summed E-state index contributed by atoms with van der Waals surface area (Å²) in [6, 6.07) is 0. The highest BCUT2D eigenvalue weighted by molar-refractivity contribution is 8.01. The van der Waals surface area contributed by atoms with Crippen LogP contribution in [0.1, 0.15) is 29.1 Å². The molecular formula is C12H15N5O2S2. The van der Waals surface area contributed by atoms with Gasteiger partial charge in [-0.15, -0.1) is 10.2 Å². The van der Waals surface area contributed by atoms with Crippen molar-refractivity contribution in [1.82, 2.24) is 25.2 Å². The van der Waals surface area contributed by atoms with E-state index in [1.54, 1.807) is 6.92 Å². The summed E-state index contributed by atoms with van der Waals surface area (Å²) in [4.78, 5) is 18.3. The number of hydrogen-bond donors (Lipinski definition) is 0. The Balaban J connectivity index is 1.52. The molecule has 2 aromatic heterocycles. The van der Waals surface area contributed by atoms with Gasteiger partial charge in [-0.05, 0) is 20.3 Å². The lowest BCUT2D eigenvalue weighted by Gasteiger charge is -2.14. The zero-order valence-corrected chi connectivity index (χ0v) is 13.4. The van der Waals surface area contributed by atoms with Crippen LogP contribution in [-0.4, -0.2) is 50.0 Å². The molecule has 0 bridgehead atoms. The lowest BCUT2D eigenvalue weighted by molar-refractivity contribution is -0.127. The van der Waals surface area contributed by atoms with Gasteiger partial charge in [-0.3, -0.25) is 4.79 Å². The lowest BCUT2D eigenvalue weighted by Crippen LogP contribution is -2.30. The van der Waals surface area contributed by atoms with Crippen LogP contribution in [0.15, 0.2) is 8.86 Å². The predicted molar refractivity (Wildman–Crippen MR) is 78.3 cm³/mol. The summed E-state index contributed by atoms with van der Waals surface area (Å²) in [7, 11) is 0. The Kier molecular flexibility index (Phi) is 4.20. The second-order valence-electron chi connectivity index (χ2n) is 4.88. The number of aromatic nitrogens is 4. The van der Waals surface area contributed by atoms with Crippen LogP contribution >= 0.6 is 23.1 Å².